The minimum atomic E-state index is 0.997. The molecule has 158 valence electrons. The second kappa shape index (κ2) is 5.87. The SMILES string of the molecule is c1ccc2c(c1)Cc1ccc3c(c1-2)-c1cc2c(cc1C3)-n1c3ccccc3c3cccc(c31)C2. The highest BCUT2D eigenvalue weighted by Gasteiger charge is 2.31. The van der Waals surface area contributed by atoms with Crippen molar-refractivity contribution in [3.05, 3.63) is 124 Å². The molecule has 0 atom stereocenters. The molecule has 0 fully saturated rings. The fourth-order valence-electron chi connectivity index (χ4n) is 7.02. The summed E-state index contributed by atoms with van der Waals surface area (Å²) in [5.74, 6) is 0. The van der Waals surface area contributed by atoms with E-state index in [0.29, 0.717) is 0 Å². The Kier molecular flexibility index (Phi) is 3.00. The van der Waals surface area contributed by atoms with Crippen molar-refractivity contribution in [2.24, 2.45) is 0 Å². The number of benzene rings is 5. The Balaban J connectivity index is 1.35. The lowest BCUT2D eigenvalue weighted by Crippen LogP contribution is -2.08. The van der Waals surface area contributed by atoms with E-state index in [1.807, 2.05) is 0 Å². The quantitative estimate of drug-likeness (QED) is 0.231. The van der Waals surface area contributed by atoms with Gasteiger partial charge in [0.15, 0.2) is 0 Å². The Morgan fingerprint density at radius 3 is 2.12 bits per heavy atom. The van der Waals surface area contributed by atoms with Gasteiger partial charge in [-0.25, -0.2) is 0 Å². The summed E-state index contributed by atoms with van der Waals surface area (Å²) in [6.45, 7) is 0. The van der Waals surface area contributed by atoms with Crippen LogP contribution >= 0.6 is 0 Å². The Bertz CT molecular complexity index is 1880. The van der Waals surface area contributed by atoms with Gasteiger partial charge in [0.25, 0.3) is 0 Å². The summed E-state index contributed by atoms with van der Waals surface area (Å²) in [4.78, 5) is 0. The molecule has 3 aliphatic rings. The third-order valence-electron chi connectivity index (χ3n) is 8.40. The number of rotatable bonds is 0. The Morgan fingerprint density at radius 1 is 0.471 bits per heavy atom. The van der Waals surface area contributed by atoms with Crippen molar-refractivity contribution in [1.82, 2.24) is 4.57 Å². The first-order valence-electron chi connectivity index (χ1n) is 12.3. The van der Waals surface area contributed by atoms with Crippen molar-refractivity contribution < 1.29 is 0 Å². The maximum atomic E-state index is 2.53. The van der Waals surface area contributed by atoms with Gasteiger partial charge in [-0.15, -0.1) is 0 Å². The molecule has 6 aromatic rings. The van der Waals surface area contributed by atoms with Crippen LogP contribution in [0.5, 0.6) is 0 Å². The lowest BCUT2D eigenvalue weighted by molar-refractivity contribution is 1.04. The van der Waals surface area contributed by atoms with Gasteiger partial charge < -0.3 is 4.57 Å². The zero-order chi connectivity index (χ0) is 22.0. The van der Waals surface area contributed by atoms with E-state index in [1.165, 1.54) is 83.1 Å². The third-order valence-corrected chi connectivity index (χ3v) is 8.40. The van der Waals surface area contributed by atoms with Crippen LogP contribution in [0.15, 0.2) is 91.0 Å². The molecule has 1 heteroatoms. The molecule has 0 amide bonds. The Hall–Kier alpha value is -4.10. The Morgan fingerprint density at radius 2 is 1.18 bits per heavy atom. The maximum absolute atomic E-state index is 2.53. The topological polar surface area (TPSA) is 4.93 Å². The van der Waals surface area contributed by atoms with Gasteiger partial charge in [-0.1, -0.05) is 72.8 Å². The largest absolute Gasteiger partial charge is 0.309 e. The first-order valence-corrected chi connectivity index (χ1v) is 12.3. The predicted octanol–water partition coefficient (Wildman–Crippen LogP) is 7.83. The van der Waals surface area contributed by atoms with Crippen LogP contribution in [0.2, 0.25) is 0 Å². The van der Waals surface area contributed by atoms with Crippen LogP contribution in [0.1, 0.15) is 33.4 Å². The molecule has 5 aromatic carbocycles. The van der Waals surface area contributed by atoms with Gasteiger partial charge in [0.2, 0.25) is 0 Å². The van der Waals surface area contributed by atoms with Gasteiger partial charge >= 0.3 is 0 Å². The van der Waals surface area contributed by atoms with E-state index in [4.69, 9.17) is 0 Å². The highest BCUT2D eigenvalue weighted by Crippen LogP contribution is 2.51. The molecular formula is C33H21N. The average Bonchev–Trinajstić information content (AvgIpc) is 3.53. The fourth-order valence-corrected chi connectivity index (χ4v) is 7.02. The van der Waals surface area contributed by atoms with Gasteiger partial charge in [0, 0.05) is 17.2 Å². The highest BCUT2D eigenvalue weighted by molar-refractivity contribution is 6.11. The van der Waals surface area contributed by atoms with E-state index >= 15 is 0 Å². The molecule has 0 radical (unpaired) electrons. The van der Waals surface area contributed by atoms with Crippen molar-refractivity contribution in [3.8, 4) is 27.9 Å². The van der Waals surface area contributed by atoms with Gasteiger partial charge in [-0.3, -0.25) is 0 Å². The summed E-state index contributed by atoms with van der Waals surface area (Å²) in [5.41, 5.74) is 18.7. The summed E-state index contributed by atoms with van der Waals surface area (Å²) in [6.07, 6.45) is 3.08. The van der Waals surface area contributed by atoms with Crippen molar-refractivity contribution >= 4 is 21.8 Å². The van der Waals surface area contributed by atoms with E-state index < -0.39 is 0 Å². The second-order valence-electron chi connectivity index (χ2n) is 10.1. The molecule has 0 saturated heterocycles. The molecule has 2 aliphatic carbocycles. The number of para-hydroxylation sites is 2. The zero-order valence-corrected chi connectivity index (χ0v) is 18.7. The van der Waals surface area contributed by atoms with E-state index in [0.717, 1.165) is 19.3 Å². The van der Waals surface area contributed by atoms with Crippen molar-refractivity contribution in [2.75, 3.05) is 0 Å². The molecule has 1 aliphatic heterocycles. The van der Waals surface area contributed by atoms with E-state index in [2.05, 4.69) is 95.6 Å². The third kappa shape index (κ3) is 1.98. The van der Waals surface area contributed by atoms with Gasteiger partial charge in [0.1, 0.15) is 0 Å². The fraction of sp³-hybridized carbons (Fsp3) is 0.0909. The summed E-state index contributed by atoms with van der Waals surface area (Å²) in [5, 5.41) is 2.72. The van der Waals surface area contributed by atoms with Crippen molar-refractivity contribution in [2.45, 2.75) is 19.3 Å². The van der Waals surface area contributed by atoms with E-state index in [-0.39, 0.29) is 0 Å². The summed E-state index contributed by atoms with van der Waals surface area (Å²) in [6, 6.07) is 34.5. The van der Waals surface area contributed by atoms with E-state index in [1.54, 1.807) is 0 Å². The standard InChI is InChI=1S/C33H21N/c1-2-8-25-19(6-1)14-20-12-13-21-15-23-18-30-24(17-28(23)32(21)31(20)25)16-22-7-5-10-27-26-9-3-4-11-29(26)34(30)33(22)27/h1-13,17-18H,14-16H2. The van der Waals surface area contributed by atoms with Crippen molar-refractivity contribution in [3.63, 3.8) is 0 Å². The molecule has 0 saturated carbocycles. The van der Waals surface area contributed by atoms with Crippen LogP contribution in [0.25, 0.3) is 49.7 Å². The van der Waals surface area contributed by atoms with Crippen LogP contribution in [0.4, 0.5) is 0 Å². The van der Waals surface area contributed by atoms with Crippen molar-refractivity contribution in [1.29, 1.82) is 0 Å². The molecule has 0 bridgehead atoms. The number of aromatic nitrogens is 1. The van der Waals surface area contributed by atoms with Crippen LogP contribution < -0.4 is 0 Å². The van der Waals surface area contributed by atoms with Crippen LogP contribution in [-0.4, -0.2) is 4.57 Å². The van der Waals surface area contributed by atoms with Gasteiger partial charge in [-0.05, 0) is 86.7 Å². The Labute approximate surface area is 197 Å². The number of hydrogen-bond acceptors (Lipinski definition) is 0. The first-order chi connectivity index (χ1) is 16.8. The molecule has 0 unspecified atom stereocenters. The maximum Gasteiger partial charge on any atom is 0.0576 e. The summed E-state index contributed by atoms with van der Waals surface area (Å²) in [7, 11) is 0. The molecule has 1 nitrogen and oxygen atoms in total. The molecule has 1 aromatic heterocycles. The molecule has 0 spiro atoms. The smallest absolute Gasteiger partial charge is 0.0576 e. The lowest BCUT2D eigenvalue weighted by atomic mass is 9.90. The molecule has 2 heterocycles. The van der Waals surface area contributed by atoms with Crippen LogP contribution in [0.3, 0.4) is 0 Å². The minimum absolute atomic E-state index is 0.997. The monoisotopic (exact) mass is 431 g/mol. The second-order valence-corrected chi connectivity index (χ2v) is 10.1. The predicted molar refractivity (Wildman–Crippen MR) is 140 cm³/mol. The lowest BCUT2D eigenvalue weighted by Gasteiger charge is -2.22. The molecular weight excluding hydrogens is 410 g/mol. The summed E-state index contributed by atoms with van der Waals surface area (Å²) < 4.78 is 2.53. The molecule has 0 N–H and O–H groups in total. The highest BCUT2D eigenvalue weighted by atomic mass is 15.0. The normalized spacial score (nSPS) is 14.1. The number of nitrogens with zero attached hydrogens (tertiary/aromatic N) is 1. The minimum Gasteiger partial charge on any atom is -0.309 e. The molecule has 9 rings (SSSR count). The molecule has 34 heavy (non-hydrogen) atoms. The summed E-state index contributed by atoms with van der Waals surface area (Å²) >= 11 is 0. The number of hydrogen-bond donors (Lipinski definition) is 0. The van der Waals surface area contributed by atoms with Gasteiger partial charge in [-0.2, -0.15) is 0 Å². The van der Waals surface area contributed by atoms with Crippen LogP contribution in [-0.2, 0) is 19.3 Å². The first kappa shape index (κ1) is 17.4. The zero-order valence-electron chi connectivity index (χ0n) is 18.7. The average molecular weight is 432 g/mol. The van der Waals surface area contributed by atoms with Crippen LogP contribution in [0, 0.1) is 0 Å². The van der Waals surface area contributed by atoms with E-state index in [9.17, 15) is 0 Å². The van der Waals surface area contributed by atoms with Gasteiger partial charge in [0.05, 0.1) is 16.7 Å². The number of fused-ring (bicyclic) bond motifs is 12.